The Balaban J connectivity index is 4.32. The lowest BCUT2D eigenvalue weighted by atomic mass is 9.99. The van der Waals surface area contributed by atoms with Gasteiger partial charge in [0.25, 0.3) is 0 Å². The molecule has 0 aromatic rings. The molecular weight excluding hydrogens is 685 g/mol. The molecule has 0 aliphatic heterocycles. The molecule has 0 N–H and O–H groups in total. The summed E-state index contributed by atoms with van der Waals surface area (Å²) in [7, 11) is 0. The molecule has 2 atom stereocenters. The summed E-state index contributed by atoms with van der Waals surface area (Å²) in [6.45, 7) is 11.3. The first kappa shape index (κ1) is 53.4. The van der Waals surface area contributed by atoms with E-state index in [1.54, 1.807) is 0 Å². The highest BCUT2D eigenvalue weighted by Gasteiger charge is 2.19. The van der Waals surface area contributed by atoms with Crippen molar-refractivity contribution in [3.63, 3.8) is 0 Å². The lowest BCUT2D eigenvalue weighted by Crippen LogP contribution is -2.30. The van der Waals surface area contributed by atoms with Crippen LogP contribution in [0.15, 0.2) is 0 Å². The Morgan fingerprint density at radius 1 is 0.382 bits per heavy atom. The second-order valence-corrected chi connectivity index (χ2v) is 17.5. The predicted molar refractivity (Wildman–Crippen MR) is 233 cm³/mol. The van der Waals surface area contributed by atoms with Crippen molar-refractivity contribution < 1.29 is 28.6 Å². The quantitative estimate of drug-likeness (QED) is 0.0348. The first-order chi connectivity index (χ1) is 26.8. The molecule has 1 unspecified atom stereocenters. The second kappa shape index (κ2) is 42.0. The zero-order valence-electron chi connectivity index (χ0n) is 37.6. The third-order valence-corrected chi connectivity index (χ3v) is 11.3. The largest absolute Gasteiger partial charge is 0.462 e. The Labute approximate surface area is 342 Å². The number of rotatable bonds is 43. The molecule has 0 amide bonds. The molecule has 55 heavy (non-hydrogen) atoms. The summed E-state index contributed by atoms with van der Waals surface area (Å²) in [6.07, 6.45) is 40.8. The van der Waals surface area contributed by atoms with Crippen LogP contribution in [0.25, 0.3) is 0 Å². The summed E-state index contributed by atoms with van der Waals surface area (Å²) in [5, 5.41) is 0. The normalized spacial score (nSPS) is 12.5. The van der Waals surface area contributed by atoms with Gasteiger partial charge in [-0.2, -0.15) is 0 Å². The number of carbonyl (C=O) groups is 3. The Bertz CT molecular complexity index is 841. The van der Waals surface area contributed by atoms with Crippen LogP contribution < -0.4 is 0 Å². The molecule has 6 nitrogen and oxygen atoms in total. The zero-order valence-corrected chi connectivity index (χ0v) is 37.6. The van der Waals surface area contributed by atoms with Crippen LogP contribution in [0.3, 0.4) is 0 Å². The Kier molecular flexibility index (Phi) is 40.8. The van der Waals surface area contributed by atoms with Crippen LogP contribution in [-0.4, -0.2) is 37.2 Å². The smallest absolute Gasteiger partial charge is 0.306 e. The van der Waals surface area contributed by atoms with E-state index in [4.69, 9.17) is 14.2 Å². The van der Waals surface area contributed by atoms with E-state index >= 15 is 0 Å². The van der Waals surface area contributed by atoms with E-state index in [1.165, 1.54) is 154 Å². The van der Waals surface area contributed by atoms with Gasteiger partial charge in [0.05, 0.1) is 0 Å². The number of carbonyl (C=O) groups excluding carboxylic acids is 3. The third kappa shape index (κ3) is 41.9. The highest BCUT2D eigenvalue weighted by molar-refractivity contribution is 5.71. The van der Waals surface area contributed by atoms with Crippen LogP contribution in [0.2, 0.25) is 0 Å². The maximum atomic E-state index is 12.7. The third-order valence-electron chi connectivity index (χ3n) is 11.3. The van der Waals surface area contributed by atoms with Crippen LogP contribution in [-0.2, 0) is 28.6 Å². The highest BCUT2D eigenvalue weighted by Crippen LogP contribution is 2.17. The van der Waals surface area contributed by atoms with Gasteiger partial charge < -0.3 is 14.2 Å². The molecule has 0 radical (unpaired) electrons. The minimum absolute atomic E-state index is 0.0649. The molecule has 0 saturated carbocycles. The molecule has 0 rings (SSSR count). The van der Waals surface area contributed by atoms with Crippen molar-refractivity contribution in [3.8, 4) is 0 Å². The fourth-order valence-electron chi connectivity index (χ4n) is 7.25. The highest BCUT2D eigenvalue weighted by atomic mass is 16.6. The molecule has 0 aliphatic rings. The maximum Gasteiger partial charge on any atom is 0.306 e. The minimum atomic E-state index is -0.761. The Morgan fingerprint density at radius 2 is 0.691 bits per heavy atom. The van der Waals surface area contributed by atoms with E-state index in [-0.39, 0.29) is 31.1 Å². The summed E-state index contributed by atoms with van der Waals surface area (Å²) < 4.78 is 16.7. The topological polar surface area (TPSA) is 78.9 Å². The van der Waals surface area contributed by atoms with Crippen LogP contribution in [0.4, 0.5) is 0 Å². The monoisotopic (exact) mass is 779 g/mol. The second-order valence-electron chi connectivity index (χ2n) is 17.5. The summed E-state index contributed by atoms with van der Waals surface area (Å²) in [5.74, 6) is 0.796. The molecule has 0 heterocycles. The summed E-state index contributed by atoms with van der Waals surface area (Å²) in [6, 6.07) is 0. The number of esters is 3. The van der Waals surface area contributed by atoms with Gasteiger partial charge >= 0.3 is 17.9 Å². The van der Waals surface area contributed by atoms with Gasteiger partial charge in [-0.15, -0.1) is 0 Å². The Hall–Kier alpha value is -1.59. The van der Waals surface area contributed by atoms with Crippen LogP contribution >= 0.6 is 0 Å². The van der Waals surface area contributed by atoms with Crippen LogP contribution in [0, 0.1) is 11.8 Å². The lowest BCUT2D eigenvalue weighted by Gasteiger charge is -2.18. The number of ether oxygens (including phenoxy) is 3. The van der Waals surface area contributed by atoms with Crippen molar-refractivity contribution >= 4 is 17.9 Å². The molecule has 0 spiro atoms. The fourth-order valence-corrected chi connectivity index (χ4v) is 7.25. The van der Waals surface area contributed by atoms with Gasteiger partial charge in [0, 0.05) is 19.3 Å². The molecule has 0 bridgehead atoms. The van der Waals surface area contributed by atoms with Crippen molar-refractivity contribution in [1.82, 2.24) is 0 Å². The lowest BCUT2D eigenvalue weighted by molar-refractivity contribution is -0.167. The van der Waals surface area contributed by atoms with Gasteiger partial charge in [-0.1, -0.05) is 227 Å². The molecule has 0 aliphatic carbocycles. The summed E-state index contributed by atoms with van der Waals surface area (Å²) in [5.41, 5.74) is 0. The molecule has 0 aromatic carbocycles. The van der Waals surface area contributed by atoms with Crippen molar-refractivity contribution in [2.75, 3.05) is 13.2 Å². The number of hydrogen-bond donors (Lipinski definition) is 0. The maximum absolute atomic E-state index is 12.7. The number of unbranched alkanes of at least 4 members (excludes halogenated alkanes) is 27. The fraction of sp³-hybridized carbons (Fsp3) is 0.939. The molecule has 0 aromatic heterocycles. The van der Waals surface area contributed by atoms with E-state index in [0.717, 1.165) is 69.6 Å². The first-order valence-corrected chi connectivity index (χ1v) is 24.3. The van der Waals surface area contributed by atoms with Crippen molar-refractivity contribution in [1.29, 1.82) is 0 Å². The molecule has 326 valence electrons. The van der Waals surface area contributed by atoms with Crippen molar-refractivity contribution in [3.05, 3.63) is 0 Å². The van der Waals surface area contributed by atoms with E-state index in [1.807, 2.05) is 0 Å². The molecular formula is C49H94O6. The standard InChI is InChI=1S/C49H94O6/c1-6-8-9-10-11-12-13-14-15-20-25-31-36-41-49(52)55-46(43-54-48(51)40-35-30-26-21-22-27-32-37-44(3)4)42-53-47(50)39-34-29-24-19-17-16-18-23-28-33-38-45(5)7-2/h44-46H,6-43H2,1-5H3/t45?,46-/m1/s1. The molecule has 6 heteroatoms. The average molecular weight is 779 g/mol. The van der Waals surface area contributed by atoms with Gasteiger partial charge in [-0.3, -0.25) is 14.4 Å². The van der Waals surface area contributed by atoms with Crippen LogP contribution in [0.5, 0.6) is 0 Å². The first-order valence-electron chi connectivity index (χ1n) is 24.3. The summed E-state index contributed by atoms with van der Waals surface area (Å²) in [4.78, 5) is 37.8. The van der Waals surface area contributed by atoms with E-state index in [9.17, 15) is 14.4 Å². The van der Waals surface area contributed by atoms with Gasteiger partial charge in [0.2, 0.25) is 0 Å². The van der Waals surface area contributed by atoms with Gasteiger partial charge in [-0.05, 0) is 31.1 Å². The van der Waals surface area contributed by atoms with E-state index < -0.39 is 6.10 Å². The van der Waals surface area contributed by atoms with E-state index in [2.05, 4.69) is 34.6 Å². The molecule has 0 saturated heterocycles. The minimum Gasteiger partial charge on any atom is -0.462 e. The van der Waals surface area contributed by atoms with Crippen LogP contribution in [0.1, 0.15) is 266 Å². The zero-order chi connectivity index (χ0) is 40.5. The van der Waals surface area contributed by atoms with Gasteiger partial charge in [0.1, 0.15) is 13.2 Å². The van der Waals surface area contributed by atoms with E-state index in [0.29, 0.717) is 19.3 Å². The van der Waals surface area contributed by atoms with Crippen molar-refractivity contribution in [2.24, 2.45) is 11.8 Å². The van der Waals surface area contributed by atoms with Gasteiger partial charge in [-0.25, -0.2) is 0 Å². The molecule has 0 fully saturated rings. The Morgan fingerprint density at radius 3 is 1.04 bits per heavy atom. The summed E-state index contributed by atoms with van der Waals surface area (Å²) >= 11 is 0. The van der Waals surface area contributed by atoms with Crippen molar-refractivity contribution in [2.45, 2.75) is 272 Å². The average Bonchev–Trinajstić information content (AvgIpc) is 3.17. The predicted octanol–water partition coefficient (Wildman–Crippen LogP) is 15.4. The number of hydrogen-bond acceptors (Lipinski definition) is 6. The van der Waals surface area contributed by atoms with Gasteiger partial charge in [0.15, 0.2) is 6.10 Å². The SMILES string of the molecule is CCCCCCCCCCCCCCCC(=O)O[C@H](COC(=O)CCCCCCCCCCCCC(C)CC)COC(=O)CCCCCCCCCC(C)C.